The molecule has 166 valence electrons. The van der Waals surface area contributed by atoms with Gasteiger partial charge in [-0.25, -0.2) is 17.8 Å². The third-order valence-corrected chi connectivity index (χ3v) is 7.10. The van der Waals surface area contributed by atoms with Crippen molar-refractivity contribution >= 4 is 38.2 Å². The van der Waals surface area contributed by atoms with Crippen LogP contribution in [0, 0.1) is 11.7 Å². The molecule has 5 rings (SSSR count). The molecule has 1 fully saturated rings. The van der Waals surface area contributed by atoms with E-state index in [0.29, 0.717) is 6.42 Å². The summed E-state index contributed by atoms with van der Waals surface area (Å²) in [5.41, 5.74) is 1.67. The lowest BCUT2D eigenvalue weighted by Gasteiger charge is -2.09. The lowest BCUT2D eigenvalue weighted by atomic mass is 10.1. The van der Waals surface area contributed by atoms with Crippen LogP contribution in [0.25, 0.3) is 10.8 Å². The Labute approximate surface area is 190 Å². The van der Waals surface area contributed by atoms with E-state index in [2.05, 4.69) is 15.0 Å². The highest BCUT2D eigenvalue weighted by molar-refractivity contribution is 7.92. The number of fused-ring (bicyclic) bond motifs is 1. The maximum atomic E-state index is 13.0. The molecule has 33 heavy (non-hydrogen) atoms. The summed E-state index contributed by atoms with van der Waals surface area (Å²) in [6.07, 6.45) is 1.65. The molecule has 2 N–H and O–H groups in total. The number of nitrogens with zero attached hydrogens (tertiary/aromatic N) is 1. The van der Waals surface area contributed by atoms with Crippen LogP contribution in [0.2, 0.25) is 0 Å². The molecule has 1 aromatic heterocycles. The smallest absolute Gasteiger partial charge is 0.263 e. The van der Waals surface area contributed by atoms with Crippen molar-refractivity contribution in [2.75, 3.05) is 10.0 Å². The number of anilines is 2. The number of pyridine rings is 1. The molecule has 0 spiro atoms. The first-order valence-corrected chi connectivity index (χ1v) is 11.9. The van der Waals surface area contributed by atoms with Crippen LogP contribution in [-0.4, -0.2) is 19.3 Å². The third kappa shape index (κ3) is 4.56. The summed E-state index contributed by atoms with van der Waals surface area (Å²) in [4.78, 5) is 16.5. The maximum Gasteiger partial charge on any atom is 0.263 e. The molecule has 2 atom stereocenters. The molecule has 4 aromatic rings. The zero-order valence-corrected chi connectivity index (χ0v) is 18.2. The molecule has 3 aromatic carbocycles. The Morgan fingerprint density at radius 2 is 1.70 bits per heavy atom. The number of benzene rings is 3. The third-order valence-electron chi connectivity index (χ3n) is 5.73. The van der Waals surface area contributed by atoms with E-state index in [4.69, 9.17) is 0 Å². The Bertz CT molecular complexity index is 1440. The van der Waals surface area contributed by atoms with Gasteiger partial charge in [0.2, 0.25) is 5.91 Å². The lowest BCUT2D eigenvalue weighted by Crippen LogP contribution is -2.15. The Balaban J connectivity index is 1.23. The molecule has 1 amide bonds. The van der Waals surface area contributed by atoms with Gasteiger partial charge in [-0.3, -0.25) is 9.52 Å². The van der Waals surface area contributed by atoms with Crippen LogP contribution in [0.1, 0.15) is 17.9 Å². The number of halogens is 1. The molecule has 1 aliphatic rings. The molecular formula is C25H20FN3O3S. The van der Waals surface area contributed by atoms with Gasteiger partial charge in [0.1, 0.15) is 11.6 Å². The fourth-order valence-electron chi connectivity index (χ4n) is 3.88. The largest absolute Gasteiger partial charge is 0.326 e. The molecule has 1 unspecified atom stereocenters. The summed E-state index contributed by atoms with van der Waals surface area (Å²) < 4.78 is 40.4. The predicted molar refractivity (Wildman–Crippen MR) is 125 cm³/mol. The summed E-state index contributed by atoms with van der Waals surface area (Å²) in [5.74, 6) is -0.663. The molecule has 8 heteroatoms. The van der Waals surface area contributed by atoms with Crippen molar-refractivity contribution in [1.82, 2.24) is 4.98 Å². The molecular weight excluding hydrogens is 441 g/mol. The van der Waals surface area contributed by atoms with Gasteiger partial charge in [0.15, 0.2) is 0 Å². The van der Waals surface area contributed by atoms with Crippen molar-refractivity contribution in [3.05, 3.63) is 96.4 Å². The Morgan fingerprint density at radius 1 is 0.939 bits per heavy atom. The second-order valence-corrected chi connectivity index (χ2v) is 9.72. The Hall–Kier alpha value is -3.78. The van der Waals surface area contributed by atoms with Crippen molar-refractivity contribution in [1.29, 1.82) is 0 Å². The Morgan fingerprint density at radius 3 is 2.42 bits per heavy atom. The van der Waals surface area contributed by atoms with Crippen LogP contribution < -0.4 is 10.0 Å². The fourth-order valence-corrected chi connectivity index (χ4v) is 4.89. The number of hydrogen-bond acceptors (Lipinski definition) is 4. The molecule has 1 saturated carbocycles. The van der Waals surface area contributed by atoms with E-state index in [-0.39, 0.29) is 28.5 Å². The van der Waals surface area contributed by atoms with E-state index in [9.17, 15) is 17.6 Å². The zero-order valence-electron chi connectivity index (χ0n) is 17.4. The highest BCUT2D eigenvalue weighted by Gasteiger charge is 2.44. The second-order valence-electron chi connectivity index (χ2n) is 8.04. The number of amides is 1. The lowest BCUT2D eigenvalue weighted by molar-refractivity contribution is -0.117. The van der Waals surface area contributed by atoms with Crippen molar-refractivity contribution in [2.45, 2.75) is 17.2 Å². The summed E-state index contributed by atoms with van der Waals surface area (Å²) in [6, 6.07) is 22.6. The summed E-state index contributed by atoms with van der Waals surface area (Å²) in [6.45, 7) is 0. The minimum Gasteiger partial charge on any atom is -0.326 e. The van der Waals surface area contributed by atoms with Crippen LogP contribution >= 0.6 is 0 Å². The monoisotopic (exact) mass is 461 g/mol. The maximum absolute atomic E-state index is 13.0. The van der Waals surface area contributed by atoms with E-state index < -0.39 is 15.8 Å². The molecule has 0 radical (unpaired) electrons. The quantitative estimate of drug-likeness (QED) is 0.427. The SMILES string of the molecule is O=C(Nc1ccc2ccccc2c1)[C@@H]1CC1c1ccc(S(=O)(=O)Nc2ccc(F)cn2)cc1. The summed E-state index contributed by atoms with van der Waals surface area (Å²) in [5, 5.41) is 5.15. The van der Waals surface area contributed by atoms with Crippen molar-refractivity contribution < 1.29 is 17.6 Å². The number of hydrogen-bond donors (Lipinski definition) is 2. The van der Waals surface area contributed by atoms with Gasteiger partial charge in [-0.2, -0.15) is 0 Å². The van der Waals surface area contributed by atoms with Gasteiger partial charge in [-0.15, -0.1) is 0 Å². The number of carbonyl (C=O) groups excluding carboxylic acids is 1. The molecule has 0 saturated heterocycles. The van der Waals surface area contributed by atoms with Crippen LogP contribution in [-0.2, 0) is 14.8 Å². The first kappa shape index (κ1) is 21.1. The van der Waals surface area contributed by atoms with Crippen molar-refractivity contribution in [3.63, 3.8) is 0 Å². The van der Waals surface area contributed by atoms with E-state index in [1.807, 2.05) is 42.5 Å². The zero-order chi connectivity index (χ0) is 23.0. The summed E-state index contributed by atoms with van der Waals surface area (Å²) >= 11 is 0. The van der Waals surface area contributed by atoms with Gasteiger partial charge in [0.05, 0.1) is 11.1 Å². The van der Waals surface area contributed by atoms with Crippen molar-refractivity contribution in [2.24, 2.45) is 5.92 Å². The van der Waals surface area contributed by atoms with E-state index in [1.54, 1.807) is 12.1 Å². The van der Waals surface area contributed by atoms with Gasteiger partial charge in [0, 0.05) is 11.6 Å². The first-order chi connectivity index (χ1) is 15.9. The van der Waals surface area contributed by atoms with Crippen LogP contribution in [0.5, 0.6) is 0 Å². The number of carbonyl (C=O) groups is 1. The molecule has 6 nitrogen and oxygen atoms in total. The van der Waals surface area contributed by atoms with Crippen molar-refractivity contribution in [3.8, 4) is 0 Å². The van der Waals surface area contributed by atoms with E-state index in [1.165, 1.54) is 18.2 Å². The van der Waals surface area contributed by atoms with Gasteiger partial charge >= 0.3 is 0 Å². The summed E-state index contributed by atoms with van der Waals surface area (Å²) in [7, 11) is -3.85. The topological polar surface area (TPSA) is 88.2 Å². The van der Waals surface area contributed by atoms with Crippen LogP contribution in [0.15, 0.2) is 90.0 Å². The van der Waals surface area contributed by atoms with E-state index >= 15 is 0 Å². The molecule has 0 aliphatic heterocycles. The average molecular weight is 462 g/mol. The highest BCUT2D eigenvalue weighted by Crippen LogP contribution is 2.48. The molecule has 1 heterocycles. The molecule has 1 aliphatic carbocycles. The average Bonchev–Trinajstić information content (AvgIpc) is 3.62. The standard InChI is InChI=1S/C25H20FN3O3S/c26-19-8-12-24(27-15-19)29-33(31,32)21-10-6-17(7-11-21)22-14-23(22)25(30)28-20-9-5-16-3-1-2-4-18(16)13-20/h1-13,15,22-23H,14H2,(H,27,29)(H,28,30)/t22?,23-/m1/s1. The van der Waals surface area contributed by atoms with Gasteiger partial charge in [-0.1, -0.05) is 42.5 Å². The van der Waals surface area contributed by atoms with E-state index in [0.717, 1.165) is 34.3 Å². The van der Waals surface area contributed by atoms with Crippen LogP contribution in [0.3, 0.4) is 0 Å². The minimum absolute atomic E-state index is 0.0353. The number of aromatic nitrogens is 1. The van der Waals surface area contributed by atoms with Gasteiger partial charge in [-0.05, 0) is 65.1 Å². The fraction of sp³-hybridized carbons (Fsp3) is 0.120. The highest BCUT2D eigenvalue weighted by atomic mass is 32.2. The van der Waals surface area contributed by atoms with Gasteiger partial charge in [0.25, 0.3) is 10.0 Å². The first-order valence-electron chi connectivity index (χ1n) is 10.4. The number of nitrogens with one attached hydrogen (secondary N) is 2. The normalized spacial score (nSPS) is 17.5. The molecule has 0 bridgehead atoms. The van der Waals surface area contributed by atoms with Crippen LogP contribution in [0.4, 0.5) is 15.9 Å². The predicted octanol–water partition coefficient (Wildman–Crippen LogP) is 4.92. The number of rotatable bonds is 6. The number of sulfonamides is 1. The second kappa shape index (κ2) is 8.29. The Kier molecular flexibility index (Phi) is 5.30. The van der Waals surface area contributed by atoms with Gasteiger partial charge < -0.3 is 5.32 Å². The minimum atomic E-state index is -3.85.